The van der Waals surface area contributed by atoms with Crippen LogP contribution in [0.15, 0.2) is 0 Å². The van der Waals surface area contributed by atoms with Crippen LogP contribution in [0.25, 0.3) is 0 Å². The third kappa shape index (κ3) is 3.80. The molecule has 1 aromatic rings. The van der Waals surface area contributed by atoms with Crippen LogP contribution in [0.1, 0.15) is 56.8 Å². The number of hydrogen-bond acceptors (Lipinski definition) is 5. The van der Waals surface area contributed by atoms with Gasteiger partial charge in [0.25, 0.3) is 0 Å². The highest BCUT2D eigenvalue weighted by molar-refractivity contribution is 5.57. The topological polar surface area (TPSA) is 75.9 Å². The van der Waals surface area contributed by atoms with E-state index in [0.29, 0.717) is 5.92 Å². The van der Waals surface area contributed by atoms with Crippen molar-refractivity contribution < 1.29 is 0 Å². The molecular formula is C14H25N5. The fraction of sp³-hybridized carbons (Fsp3) is 0.714. The van der Waals surface area contributed by atoms with Gasteiger partial charge in [-0.05, 0) is 38.5 Å². The molecule has 1 aliphatic carbocycles. The molecule has 5 heteroatoms. The Kier molecular flexibility index (Phi) is 4.58. The Labute approximate surface area is 115 Å². The predicted molar refractivity (Wildman–Crippen MR) is 79.1 cm³/mol. The third-order valence-electron chi connectivity index (χ3n) is 3.49. The van der Waals surface area contributed by atoms with Gasteiger partial charge in [0, 0.05) is 18.0 Å². The van der Waals surface area contributed by atoms with Crippen LogP contribution in [-0.2, 0) is 0 Å². The summed E-state index contributed by atoms with van der Waals surface area (Å²) in [7, 11) is 0. The van der Waals surface area contributed by atoms with Crippen molar-refractivity contribution in [3.8, 4) is 0 Å². The van der Waals surface area contributed by atoms with Gasteiger partial charge < -0.3 is 10.7 Å². The molecule has 0 saturated heterocycles. The largest absolute Gasteiger partial charge is 0.370 e. The Morgan fingerprint density at radius 2 is 1.95 bits per heavy atom. The lowest BCUT2D eigenvalue weighted by molar-refractivity contribution is 0.566. The standard InChI is InChI=1S/C14H25N5/c1-9(2)5-4-8-16-12-10(3)13(19-15)18-14(17-12)11-6-7-11/h9,11H,4-8,15H2,1-3H3,(H2,16,17,18,19). The summed E-state index contributed by atoms with van der Waals surface area (Å²) in [6, 6.07) is 0. The number of rotatable bonds is 7. The molecule has 0 amide bonds. The van der Waals surface area contributed by atoms with Gasteiger partial charge in [-0.2, -0.15) is 0 Å². The van der Waals surface area contributed by atoms with Gasteiger partial charge in [-0.1, -0.05) is 13.8 Å². The number of hydrogen-bond donors (Lipinski definition) is 3. The summed E-state index contributed by atoms with van der Waals surface area (Å²) in [5.41, 5.74) is 3.67. The van der Waals surface area contributed by atoms with E-state index in [1.54, 1.807) is 0 Å². The van der Waals surface area contributed by atoms with Crippen molar-refractivity contribution >= 4 is 11.6 Å². The van der Waals surface area contributed by atoms with Gasteiger partial charge in [0.1, 0.15) is 17.5 Å². The van der Waals surface area contributed by atoms with E-state index >= 15 is 0 Å². The van der Waals surface area contributed by atoms with Gasteiger partial charge in [-0.15, -0.1) is 0 Å². The lowest BCUT2D eigenvalue weighted by Crippen LogP contribution is -2.15. The zero-order valence-electron chi connectivity index (χ0n) is 12.2. The number of nitrogen functional groups attached to an aromatic ring is 1. The number of aromatic nitrogens is 2. The zero-order chi connectivity index (χ0) is 13.8. The van der Waals surface area contributed by atoms with Crippen LogP contribution in [0.4, 0.5) is 11.6 Å². The van der Waals surface area contributed by atoms with Crippen LogP contribution >= 0.6 is 0 Å². The molecule has 0 aliphatic heterocycles. The molecular weight excluding hydrogens is 238 g/mol. The third-order valence-corrected chi connectivity index (χ3v) is 3.49. The molecule has 1 aliphatic rings. The summed E-state index contributed by atoms with van der Waals surface area (Å²) in [5.74, 6) is 9.40. The van der Waals surface area contributed by atoms with E-state index in [4.69, 9.17) is 5.84 Å². The lowest BCUT2D eigenvalue weighted by atomic mass is 10.1. The van der Waals surface area contributed by atoms with E-state index in [2.05, 4.69) is 34.6 Å². The summed E-state index contributed by atoms with van der Waals surface area (Å²) >= 11 is 0. The van der Waals surface area contributed by atoms with Gasteiger partial charge in [0.15, 0.2) is 0 Å². The molecule has 4 N–H and O–H groups in total. The van der Waals surface area contributed by atoms with Crippen molar-refractivity contribution in [3.05, 3.63) is 11.4 Å². The molecule has 2 rings (SSSR count). The molecule has 1 heterocycles. The molecule has 1 aromatic heterocycles. The van der Waals surface area contributed by atoms with Crippen LogP contribution in [-0.4, -0.2) is 16.5 Å². The zero-order valence-corrected chi connectivity index (χ0v) is 12.2. The van der Waals surface area contributed by atoms with Gasteiger partial charge >= 0.3 is 0 Å². The maximum atomic E-state index is 5.54. The summed E-state index contributed by atoms with van der Waals surface area (Å²) in [5, 5.41) is 3.42. The van der Waals surface area contributed by atoms with E-state index < -0.39 is 0 Å². The Morgan fingerprint density at radius 1 is 1.26 bits per heavy atom. The average molecular weight is 263 g/mol. The maximum Gasteiger partial charge on any atom is 0.148 e. The van der Waals surface area contributed by atoms with Gasteiger partial charge in [-0.25, -0.2) is 15.8 Å². The van der Waals surface area contributed by atoms with Gasteiger partial charge in [0.05, 0.1) is 0 Å². The monoisotopic (exact) mass is 263 g/mol. The molecule has 5 nitrogen and oxygen atoms in total. The van der Waals surface area contributed by atoms with Crippen LogP contribution in [0.2, 0.25) is 0 Å². The Hall–Kier alpha value is -1.36. The minimum Gasteiger partial charge on any atom is -0.370 e. The van der Waals surface area contributed by atoms with Crippen LogP contribution in [0.5, 0.6) is 0 Å². The maximum absolute atomic E-state index is 5.54. The van der Waals surface area contributed by atoms with Gasteiger partial charge in [0.2, 0.25) is 0 Å². The Bertz CT molecular complexity index is 426. The average Bonchev–Trinajstić information content (AvgIpc) is 3.20. The first-order valence-electron chi connectivity index (χ1n) is 7.20. The van der Waals surface area contributed by atoms with Crippen molar-refractivity contribution in [2.45, 2.75) is 52.4 Å². The van der Waals surface area contributed by atoms with Gasteiger partial charge in [-0.3, -0.25) is 0 Å². The van der Waals surface area contributed by atoms with E-state index in [-0.39, 0.29) is 0 Å². The molecule has 0 radical (unpaired) electrons. The van der Waals surface area contributed by atoms with Crippen LogP contribution < -0.4 is 16.6 Å². The second-order valence-electron chi connectivity index (χ2n) is 5.79. The number of hydrazine groups is 1. The number of nitrogens with zero attached hydrogens (tertiary/aromatic N) is 2. The summed E-state index contributed by atoms with van der Waals surface area (Å²) in [6.45, 7) is 7.44. The quantitative estimate of drug-likeness (QED) is 0.400. The fourth-order valence-corrected chi connectivity index (χ4v) is 2.09. The molecule has 0 spiro atoms. The summed E-state index contributed by atoms with van der Waals surface area (Å²) < 4.78 is 0. The number of nitrogens with two attached hydrogens (primary N) is 1. The molecule has 19 heavy (non-hydrogen) atoms. The van der Waals surface area contributed by atoms with Crippen molar-refractivity contribution in [1.29, 1.82) is 0 Å². The summed E-state index contributed by atoms with van der Waals surface area (Å²) in [6.07, 6.45) is 4.78. The molecule has 0 aromatic carbocycles. The Balaban J connectivity index is 2.03. The van der Waals surface area contributed by atoms with E-state index in [9.17, 15) is 0 Å². The molecule has 0 bridgehead atoms. The molecule has 1 fully saturated rings. The number of nitrogens with one attached hydrogen (secondary N) is 2. The second kappa shape index (κ2) is 6.19. The predicted octanol–water partition coefficient (Wildman–Crippen LogP) is 2.80. The highest BCUT2D eigenvalue weighted by Crippen LogP contribution is 2.39. The summed E-state index contributed by atoms with van der Waals surface area (Å²) in [4.78, 5) is 9.12. The smallest absolute Gasteiger partial charge is 0.148 e. The number of anilines is 2. The fourth-order valence-electron chi connectivity index (χ4n) is 2.09. The normalized spacial score (nSPS) is 14.8. The van der Waals surface area contributed by atoms with E-state index in [1.807, 2.05) is 6.92 Å². The first kappa shape index (κ1) is 14.1. The first-order chi connectivity index (χ1) is 9.11. The lowest BCUT2D eigenvalue weighted by Gasteiger charge is -2.13. The highest BCUT2D eigenvalue weighted by Gasteiger charge is 2.28. The van der Waals surface area contributed by atoms with Crippen LogP contribution in [0.3, 0.4) is 0 Å². The minimum atomic E-state index is 0.531. The van der Waals surface area contributed by atoms with E-state index in [1.165, 1.54) is 19.3 Å². The molecule has 106 valence electrons. The van der Waals surface area contributed by atoms with Crippen molar-refractivity contribution in [2.75, 3.05) is 17.3 Å². The molecule has 0 unspecified atom stereocenters. The highest BCUT2D eigenvalue weighted by atomic mass is 15.3. The Morgan fingerprint density at radius 3 is 2.53 bits per heavy atom. The van der Waals surface area contributed by atoms with Crippen LogP contribution in [0, 0.1) is 12.8 Å². The SMILES string of the molecule is Cc1c(NN)nc(C2CC2)nc1NCCCC(C)C. The minimum absolute atomic E-state index is 0.531. The van der Waals surface area contributed by atoms with Crippen molar-refractivity contribution in [2.24, 2.45) is 11.8 Å². The first-order valence-corrected chi connectivity index (χ1v) is 7.20. The molecule has 0 atom stereocenters. The second-order valence-corrected chi connectivity index (χ2v) is 5.79. The van der Waals surface area contributed by atoms with E-state index in [0.717, 1.165) is 41.9 Å². The molecule has 1 saturated carbocycles. The van der Waals surface area contributed by atoms with Crippen molar-refractivity contribution in [1.82, 2.24) is 9.97 Å². The van der Waals surface area contributed by atoms with Crippen molar-refractivity contribution in [3.63, 3.8) is 0 Å².